The number of aliphatic carboxylic acids is 1. The molecule has 0 radical (unpaired) electrons. The summed E-state index contributed by atoms with van der Waals surface area (Å²) in [6.45, 7) is 5.55. The summed E-state index contributed by atoms with van der Waals surface area (Å²) < 4.78 is 0. The Kier molecular flexibility index (Phi) is 6.07. The molecule has 0 amide bonds. The summed E-state index contributed by atoms with van der Waals surface area (Å²) in [6.07, 6.45) is 7.63. The molecule has 0 spiro atoms. The minimum atomic E-state index is -0.890. The van der Waals surface area contributed by atoms with Gasteiger partial charge < -0.3 is 5.11 Å². The average molecular weight is 168 g/mol. The molecule has 0 fully saturated rings. The van der Waals surface area contributed by atoms with E-state index in [1.54, 1.807) is 0 Å². The maximum atomic E-state index is 10.3. The summed E-state index contributed by atoms with van der Waals surface area (Å²) in [5, 5.41) is 8.46. The van der Waals surface area contributed by atoms with Gasteiger partial charge in [0.2, 0.25) is 0 Å². The van der Waals surface area contributed by atoms with E-state index in [9.17, 15) is 4.79 Å². The number of carboxylic acids is 1. The first-order valence-electron chi connectivity index (χ1n) is 4.24. The number of allylic oxidation sites excluding steroid dienone is 2. The molecule has 68 valence electrons. The average Bonchev–Trinajstić information content (AvgIpc) is 2.03. The molecule has 0 bridgehead atoms. The van der Waals surface area contributed by atoms with Crippen molar-refractivity contribution in [3.05, 3.63) is 24.3 Å². The van der Waals surface area contributed by atoms with Gasteiger partial charge in [-0.3, -0.25) is 0 Å². The van der Waals surface area contributed by atoms with Crippen molar-refractivity contribution in [3.63, 3.8) is 0 Å². The first-order chi connectivity index (χ1) is 5.68. The highest BCUT2D eigenvalue weighted by atomic mass is 16.4. The monoisotopic (exact) mass is 168 g/mol. The van der Waals surface area contributed by atoms with Gasteiger partial charge in [-0.15, -0.1) is 0 Å². The second-order valence-corrected chi connectivity index (χ2v) is 2.71. The number of unbranched alkanes of at least 4 members (excludes halogenated alkanes) is 1. The minimum absolute atomic E-state index is 0.288. The van der Waals surface area contributed by atoms with Crippen LogP contribution in [-0.2, 0) is 4.79 Å². The van der Waals surface area contributed by atoms with Crippen LogP contribution in [0, 0.1) is 0 Å². The van der Waals surface area contributed by atoms with E-state index >= 15 is 0 Å². The number of carboxylic acid groups (broad SMARTS) is 1. The largest absolute Gasteiger partial charge is 0.478 e. The van der Waals surface area contributed by atoms with E-state index in [1.165, 1.54) is 0 Å². The Labute approximate surface area is 73.6 Å². The van der Waals surface area contributed by atoms with E-state index in [0.29, 0.717) is 6.42 Å². The van der Waals surface area contributed by atoms with Crippen molar-refractivity contribution in [3.8, 4) is 0 Å². The topological polar surface area (TPSA) is 37.3 Å². The molecule has 12 heavy (non-hydrogen) atoms. The van der Waals surface area contributed by atoms with Crippen LogP contribution in [0.15, 0.2) is 24.3 Å². The lowest BCUT2D eigenvalue weighted by Gasteiger charge is -1.94. The molecular formula is C10H16O2. The Bertz CT molecular complexity index is 180. The second kappa shape index (κ2) is 6.65. The van der Waals surface area contributed by atoms with Crippen LogP contribution >= 0.6 is 0 Å². The molecule has 1 N–H and O–H groups in total. The van der Waals surface area contributed by atoms with Crippen LogP contribution in [-0.4, -0.2) is 11.1 Å². The van der Waals surface area contributed by atoms with Gasteiger partial charge in [-0.25, -0.2) is 4.79 Å². The van der Waals surface area contributed by atoms with Gasteiger partial charge in [-0.05, 0) is 19.3 Å². The van der Waals surface area contributed by atoms with Crippen molar-refractivity contribution < 1.29 is 9.90 Å². The van der Waals surface area contributed by atoms with Gasteiger partial charge in [0.25, 0.3) is 0 Å². The summed E-state index contributed by atoms with van der Waals surface area (Å²) in [6, 6.07) is 0. The molecule has 0 aliphatic rings. The highest BCUT2D eigenvalue weighted by Crippen LogP contribution is 2.03. The summed E-state index contributed by atoms with van der Waals surface area (Å²) in [5.41, 5.74) is 0.288. The lowest BCUT2D eigenvalue weighted by Crippen LogP contribution is -1.97. The van der Waals surface area contributed by atoms with Gasteiger partial charge >= 0.3 is 5.97 Å². The van der Waals surface area contributed by atoms with Gasteiger partial charge in [0.15, 0.2) is 0 Å². The smallest absolute Gasteiger partial charge is 0.330 e. The normalized spacial score (nSPS) is 10.4. The van der Waals surface area contributed by atoms with Gasteiger partial charge in [0.1, 0.15) is 0 Å². The zero-order valence-electron chi connectivity index (χ0n) is 7.55. The molecule has 0 heterocycles. The highest BCUT2D eigenvalue weighted by molar-refractivity contribution is 5.85. The van der Waals surface area contributed by atoms with Crippen LogP contribution in [0.3, 0.4) is 0 Å². The molecule has 0 atom stereocenters. The van der Waals surface area contributed by atoms with Crippen molar-refractivity contribution in [1.29, 1.82) is 0 Å². The van der Waals surface area contributed by atoms with Crippen LogP contribution in [0.5, 0.6) is 0 Å². The van der Waals surface area contributed by atoms with Crippen molar-refractivity contribution in [2.45, 2.75) is 32.6 Å². The maximum Gasteiger partial charge on any atom is 0.330 e. The Hall–Kier alpha value is -1.05. The van der Waals surface area contributed by atoms with E-state index in [-0.39, 0.29) is 5.57 Å². The zero-order chi connectivity index (χ0) is 9.40. The molecule has 0 rings (SSSR count). The fraction of sp³-hybridized carbons (Fsp3) is 0.500. The quantitative estimate of drug-likeness (QED) is 0.489. The molecule has 0 aromatic heterocycles. The number of hydrogen-bond acceptors (Lipinski definition) is 1. The molecule has 2 heteroatoms. The summed E-state index contributed by atoms with van der Waals surface area (Å²) in [4.78, 5) is 10.3. The Balaban J connectivity index is 3.43. The number of hydrogen-bond donors (Lipinski definition) is 1. The van der Waals surface area contributed by atoms with Crippen LogP contribution in [0.2, 0.25) is 0 Å². The standard InChI is InChI=1S/C10H16O2/c1-3-4-5-6-7-8-9(2)10(11)12/h5-6H,2-4,7-8H2,1H3,(H,11,12). The summed E-state index contributed by atoms with van der Waals surface area (Å²) >= 11 is 0. The second-order valence-electron chi connectivity index (χ2n) is 2.71. The number of rotatable bonds is 6. The SMILES string of the molecule is C=C(CCC=CCCC)C(=O)O. The van der Waals surface area contributed by atoms with Crippen molar-refractivity contribution >= 4 is 5.97 Å². The highest BCUT2D eigenvalue weighted by Gasteiger charge is 2.00. The Morgan fingerprint density at radius 1 is 1.42 bits per heavy atom. The molecule has 0 saturated carbocycles. The molecular weight excluding hydrogens is 152 g/mol. The van der Waals surface area contributed by atoms with Gasteiger partial charge in [-0.1, -0.05) is 32.1 Å². The molecule has 0 unspecified atom stereocenters. The van der Waals surface area contributed by atoms with Gasteiger partial charge in [0, 0.05) is 5.57 Å². The molecule has 0 aromatic carbocycles. The molecule has 0 aliphatic carbocycles. The third kappa shape index (κ3) is 5.71. The zero-order valence-corrected chi connectivity index (χ0v) is 7.55. The van der Waals surface area contributed by atoms with Crippen LogP contribution in [0.4, 0.5) is 0 Å². The molecule has 0 saturated heterocycles. The maximum absolute atomic E-state index is 10.3. The predicted molar refractivity (Wildman–Crippen MR) is 50.1 cm³/mol. The van der Waals surface area contributed by atoms with Crippen molar-refractivity contribution in [2.75, 3.05) is 0 Å². The number of carbonyl (C=O) groups is 1. The van der Waals surface area contributed by atoms with Gasteiger partial charge in [-0.2, -0.15) is 0 Å². The van der Waals surface area contributed by atoms with Crippen molar-refractivity contribution in [1.82, 2.24) is 0 Å². The molecule has 0 aromatic rings. The minimum Gasteiger partial charge on any atom is -0.478 e. The summed E-state index contributed by atoms with van der Waals surface area (Å²) in [7, 11) is 0. The Morgan fingerprint density at radius 3 is 2.50 bits per heavy atom. The van der Waals surface area contributed by atoms with E-state index in [2.05, 4.69) is 19.6 Å². The first kappa shape index (κ1) is 11.0. The third-order valence-corrected chi connectivity index (χ3v) is 1.54. The molecule has 0 aliphatic heterocycles. The third-order valence-electron chi connectivity index (χ3n) is 1.54. The lowest BCUT2D eigenvalue weighted by atomic mass is 10.1. The van der Waals surface area contributed by atoms with E-state index < -0.39 is 5.97 Å². The van der Waals surface area contributed by atoms with Crippen LogP contribution in [0.25, 0.3) is 0 Å². The fourth-order valence-electron chi connectivity index (χ4n) is 0.767. The molecule has 2 nitrogen and oxygen atoms in total. The van der Waals surface area contributed by atoms with Crippen molar-refractivity contribution in [2.24, 2.45) is 0 Å². The van der Waals surface area contributed by atoms with E-state index in [4.69, 9.17) is 5.11 Å². The lowest BCUT2D eigenvalue weighted by molar-refractivity contribution is -0.132. The van der Waals surface area contributed by atoms with Gasteiger partial charge in [0.05, 0.1) is 0 Å². The summed E-state index contributed by atoms with van der Waals surface area (Å²) in [5.74, 6) is -0.890. The van der Waals surface area contributed by atoms with Crippen LogP contribution in [0.1, 0.15) is 32.6 Å². The van der Waals surface area contributed by atoms with Crippen LogP contribution < -0.4 is 0 Å². The van der Waals surface area contributed by atoms with E-state index in [1.807, 2.05) is 6.08 Å². The first-order valence-corrected chi connectivity index (χ1v) is 4.24. The van der Waals surface area contributed by atoms with E-state index in [0.717, 1.165) is 19.3 Å². The predicted octanol–water partition coefficient (Wildman–Crippen LogP) is 2.76. The Morgan fingerprint density at radius 2 is 2.00 bits per heavy atom. The fourth-order valence-corrected chi connectivity index (χ4v) is 0.767.